The molecule has 2 rings (SSSR count). The second-order valence-electron chi connectivity index (χ2n) is 5.81. The van der Waals surface area contributed by atoms with Crippen LogP contribution in [0.2, 0.25) is 10.0 Å². The zero-order chi connectivity index (χ0) is 19.9. The smallest absolute Gasteiger partial charge is 0.242 e. The van der Waals surface area contributed by atoms with Gasteiger partial charge in [-0.25, -0.2) is 8.42 Å². The molecule has 0 aliphatic carbocycles. The Balaban J connectivity index is 2.26. The number of hydrogen-bond donors (Lipinski definition) is 3. The number of rotatable bonds is 9. The fourth-order valence-electron chi connectivity index (χ4n) is 2.39. The summed E-state index contributed by atoms with van der Waals surface area (Å²) >= 11 is 11.9. The van der Waals surface area contributed by atoms with Gasteiger partial charge < -0.3 is 10.4 Å². The first-order valence-corrected chi connectivity index (χ1v) is 10.5. The lowest BCUT2D eigenvalue weighted by Crippen LogP contribution is -2.48. The van der Waals surface area contributed by atoms with Gasteiger partial charge in [-0.1, -0.05) is 53.5 Å². The minimum atomic E-state index is -4.08. The van der Waals surface area contributed by atoms with Crippen LogP contribution in [-0.4, -0.2) is 38.6 Å². The number of benzene rings is 2. The summed E-state index contributed by atoms with van der Waals surface area (Å²) in [6, 6.07) is 12.1. The average molecular weight is 431 g/mol. The first-order valence-electron chi connectivity index (χ1n) is 8.23. The SMILES string of the molecule is O=C(NCCCO)[C@@H](Cc1ccccc1)NS(=O)(=O)c1cc(Cl)ccc1Cl. The normalized spacial score (nSPS) is 12.6. The predicted octanol–water partition coefficient (Wildman–Crippen LogP) is 2.38. The van der Waals surface area contributed by atoms with Crippen LogP contribution >= 0.6 is 23.2 Å². The summed E-state index contributed by atoms with van der Waals surface area (Å²) in [5.74, 6) is -0.492. The summed E-state index contributed by atoms with van der Waals surface area (Å²) in [6.07, 6.45) is 0.528. The van der Waals surface area contributed by atoms with Crippen LogP contribution in [0.3, 0.4) is 0 Å². The number of hydrogen-bond acceptors (Lipinski definition) is 4. The van der Waals surface area contributed by atoms with Crippen molar-refractivity contribution in [2.45, 2.75) is 23.8 Å². The summed E-state index contributed by atoms with van der Waals surface area (Å²) in [7, 11) is -4.08. The molecule has 3 N–H and O–H groups in total. The standard InChI is InChI=1S/C18H20Cl2N2O4S/c19-14-7-8-15(20)17(12-14)27(25,26)22-16(18(24)21-9-4-10-23)11-13-5-2-1-3-6-13/h1-3,5-8,12,16,22-23H,4,9-11H2,(H,21,24)/t16-/m1/s1. The molecule has 2 aromatic carbocycles. The third-order valence-corrected chi connectivity index (χ3v) is 5.90. The summed E-state index contributed by atoms with van der Waals surface area (Å²) in [6.45, 7) is 0.160. The second-order valence-corrected chi connectivity index (χ2v) is 8.33. The Morgan fingerprint density at radius 2 is 1.81 bits per heavy atom. The molecule has 0 aliphatic rings. The zero-order valence-corrected chi connectivity index (χ0v) is 16.7. The number of carbonyl (C=O) groups excluding carboxylic acids is 1. The molecule has 0 aliphatic heterocycles. The second kappa shape index (κ2) is 10.1. The number of carbonyl (C=O) groups is 1. The molecule has 0 aromatic heterocycles. The fraction of sp³-hybridized carbons (Fsp3) is 0.278. The number of amides is 1. The number of sulfonamides is 1. The highest BCUT2D eigenvalue weighted by Gasteiger charge is 2.27. The highest BCUT2D eigenvalue weighted by Crippen LogP contribution is 2.25. The van der Waals surface area contributed by atoms with Crippen molar-refractivity contribution in [1.29, 1.82) is 0 Å². The lowest BCUT2D eigenvalue weighted by atomic mass is 10.1. The van der Waals surface area contributed by atoms with Gasteiger partial charge >= 0.3 is 0 Å². The number of aliphatic hydroxyl groups is 1. The maximum absolute atomic E-state index is 12.8. The van der Waals surface area contributed by atoms with Crippen molar-refractivity contribution in [3.63, 3.8) is 0 Å². The third kappa shape index (κ3) is 6.48. The van der Waals surface area contributed by atoms with E-state index in [4.69, 9.17) is 28.3 Å². The maximum atomic E-state index is 12.8. The van der Waals surface area contributed by atoms with Crippen molar-refractivity contribution in [1.82, 2.24) is 10.0 Å². The average Bonchev–Trinajstić information content (AvgIpc) is 2.64. The van der Waals surface area contributed by atoms with E-state index in [-0.39, 0.29) is 34.5 Å². The first kappa shape index (κ1) is 21.7. The van der Waals surface area contributed by atoms with Gasteiger partial charge in [-0.05, 0) is 36.6 Å². The van der Waals surface area contributed by atoms with Gasteiger partial charge in [-0.2, -0.15) is 4.72 Å². The zero-order valence-electron chi connectivity index (χ0n) is 14.4. The van der Waals surface area contributed by atoms with Crippen LogP contribution in [0.15, 0.2) is 53.4 Å². The highest BCUT2D eigenvalue weighted by molar-refractivity contribution is 7.89. The predicted molar refractivity (Wildman–Crippen MR) is 105 cm³/mol. The molecule has 0 fully saturated rings. The number of nitrogens with one attached hydrogen (secondary N) is 2. The largest absolute Gasteiger partial charge is 0.396 e. The Kier molecular flexibility index (Phi) is 8.07. The minimum Gasteiger partial charge on any atom is -0.396 e. The Bertz CT molecular complexity index is 876. The van der Waals surface area contributed by atoms with Gasteiger partial charge in [0.25, 0.3) is 0 Å². The van der Waals surface area contributed by atoms with E-state index in [1.54, 1.807) is 24.3 Å². The molecule has 0 radical (unpaired) electrons. The topological polar surface area (TPSA) is 95.5 Å². The van der Waals surface area contributed by atoms with E-state index in [0.717, 1.165) is 5.56 Å². The molecule has 0 saturated heterocycles. The van der Waals surface area contributed by atoms with Crippen LogP contribution in [0, 0.1) is 0 Å². The van der Waals surface area contributed by atoms with Crippen LogP contribution in [0.5, 0.6) is 0 Å². The molecule has 9 heteroatoms. The molecular formula is C18H20Cl2N2O4S. The molecule has 0 heterocycles. The third-order valence-electron chi connectivity index (χ3n) is 3.71. The number of aliphatic hydroxyl groups excluding tert-OH is 1. The monoisotopic (exact) mass is 430 g/mol. The highest BCUT2D eigenvalue weighted by atomic mass is 35.5. The lowest BCUT2D eigenvalue weighted by molar-refractivity contribution is -0.122. The van der Waals surface area contributed by atoms with Crippen molar-refractivity contribution in [3.8, 4) is 0 Å². The van der Waals surface area contributed by atoms with E-state index in [2.05, 4.69) is 10.0 Å². The molecule has 2 aromatic rings. The molecule has 27 heavy (non-hydrogen) atoms. The van der Waals surface area contributed by atoms with Crippen LogP contribution in [0.25, 0.3) is 0 Å². The summed E-state index contributed by atoms with van der Waals surface area (Å²) in [5.41, 5.74) is 0.791. The van der Waals surface area contributed by atoms with Crippen LogP contribution in [0.4, 0.5) is 0 Å². The Hall–Kier alpha value is -1.64. The van der Waals surface area contributed by atoms with Crippen LogP contribution < -0.4 is 10.0 Å². The molecular weight excluding hydrogens is 411 g/mol. The Morgan fingerprint density at radius 1 is 1.11 bits per heavy atom. The van der Waals surface area contributed by atoms with E-state index in [9.17, 15) is 13.2 Å². The van der Waals surface area contributed by atoms with Gasteiger partial charge in [0, 0.05) is 18.2 Å². The summed E-state index contributed by atoms with van der Waals surface area (Å²) < 4.78 is 27.9. The van der Waals surface area contributed by atoms with Gasteiger partial charge in [0.1, 0.15) is 10.9 Å². The summed E-state index contributed by atoms with van der Waals surface area (Å²) in [5, 5.41) is 11.7. The van der Waals surface area contributed by atoms with Gasteiger partial charge in [0.2, 0.25) is 15.9 Å². The van der Waals surface area contributed by atoms with Crippen molar-refractivity contribution in [2.75, 3.05) is 13.2 Å². The quantitative estimate of drug-likeness (QED) is 0.532. The van der Waals surface area contributed by atoms with E-state index in [0.29, 0.717) is 6.42 Å². The van der Waals surface area contributed by atoms with Crippen LogP contribution in [-0.2, 0) is 21.2 Å². The molecule has 0 saturated carbocycles. The molecule has 0 unspecified atom stereocenters. The first-order chi connectivity index (χ1) is 12.8. The van der Waals surface area contributed by atoms with E-state index < -0.39 is 22.0 Å². The molecule has 0 spiro atoms. The fourth-order valence-corrected chi connectivity index (χ4v) is 4.34. The van der Waals surface area contributed by atoms with E-state index in [1.165, 1.54) is 18.2 Å². The molecule has 0 bridgehead atoms. The maximum Gasteiger partial charge on any atom is 0.242 e. The Morgan fingerprint density at radius 3 is 2.48 bits per heavy atom. The van der Waals surface area contributed by atoms with Crippen molar-refractivity contribution in [3.05, 3.63) is 64.1 Å². The van der Waals surface area contributed by atoms with Gasteiger partial charge in [0.05, 0.1) is 5.02 Å². The minimum absolute atomic E-state index is 0.00560. The lowest BCUT2D eigenvalue weighted by Gasteiger charge is -2.19. The molecule has 6 nitrogen and oxygen atoms in total. The van der Waals surface area contributed by atoms with Crippen molar-refractivity contribution < 1.29 is 18.3 Å². The van der Waals surface area contributed by atoms with Gasteiger partial charge in [-0.3, -0.25) is 4.79 Å². The van der Waals surface area contributed by atoms with Gasteiger partial charge in [-0.15, -0.1) is 0 Å². The molecule has 1 amide bonds. The van der Waals surface area contributed by atoms with Gasteiger partial charge in [0.15, 0.2) is 0 Å². The molecule has 146 valence electrons. The summed E-state index contributed by atoms with van der Waals surface area (Å²) in [4.78, 5) is 12.3. The Labute approximate surface area is 168 Å². The number of halogens is 2. The molecule has 1 atom stereocenters. The van der Waals surface area contributed by atoms with Crippen LogP contribution in [0.1, 0.15) is 12.0 Å². The van der Waals surface area contributed by atoms with Crippen molar-refractivity contribution in [2.24, 2.45) is 0 Å². The van der Waals surface area contributed by atoms with Crippen molar-refractivity contribution >= 4 is 39.1 Å². The van der Waals surface area contributed by atoms with E-state index in [1.807, 2.05) is 6.07 Å². The van der Waals surface area contributed by atoms with E-state index >= 15 is 0 Å².